The summed E-state index contributed by atoms with van der Waals surface area (Å²) in [5.41, 5.74) is 4.64. The minimum atomic E-state index is -0.864. The number of carboxylic acids is 1. The number of rotatable bonds is 8. The number of carbonyl (C=O) groups is 1. The predicted molar refractivity (Wildman–Crippen MR) is 157 cm³/mol. The van der Waals surface area contributed by atoms with Crippen molar-refractivity contribution in [3.8, 4) is 0 Å². The molecule has 1 spiro atoms. The molecule has 1 saturated carbocycles. The molecule has 1 aliphatic heterocycles. The first-order valence-corrected chi connectivity index (χ1v) is 15.6. The van der Waals surface area contributed by atoms with Gasteiger partial charge in [0.1, 0.15) is 17.7 Å². The Kier molecular flexibility index (Phi) is 8.38. The summed E-state index contributed by atoms with van der Waals surface area (Å²) in [5.74, 6) is -1.88. The smallest absolute Gasteiger partial charge is 0.321 e. The number of hydrogen-bond donors (Lipinski definition) is 2. The summed E-state index contributed by atoms with van der Waals surface area (Å²) >= 11 is 0. The Bertz CT molecular complexity index is 1240. The van der Waals surface area contributed by atoms with Crippen molar-refractivity contribution in [2.75, 3.05) is 13.1 Å². The maximum atomic E-state index is 14.4. The molecule has 2 fully saturated rings. The molecule has 226 valence electrons. The molecule has 0 bridgehead atoms. The van der Waals surface area contributed by atoms with Gasteiger partial charge in [-0.1, -0.05) is 27.7 Å². The first kappa shape index (κ1) is 30.1. The van der Waals surface area contributed by atoms with E-state index in [1.54, 1.807) is 0 Å². The fourth-order valence-electron chi connectivity index (χ4n) is 8.36. The molecule has 1 unspecified atom stereocenters. The zero-order valence-corrected chi connectivity index (χ0v) is 25.6. The molecule has 1 aromatic heterocycles. The number of benzene rings is 1. The van der Waals surface area contributed by atoms with Crippen molar-refractivity contribution in [1.29, 1.82) is 0 Å². The third kappa shape index (κ3) is 5.71. The normalized spacial score (nSPS) is 25.9. The van der Waals surface area contributed by atoms with E-state index in [-0.39, 0.29) is 29.3 Å². The highest BCUT2D eigenvalue weighted by atomic mass is 19.1. The second-order valence-corrected chi connectivity index (χ2v) is 13.9. The second kappa shape index (κ2) is 11.4. The molecule has 1 saturated heterocycles. The van der Waals surface area contributed by atoms with Gasteiger partial charge in [-0.05, 0) is 112 Å². The molecule has 41 heavy (non-hydrogen) atoms. The van der Waals surface area contributed by atoms with Gasteiger partial charge in [-0.2, -0.15) is 5.10 Å². The Morgan fingerprint density at radius 2 is 1.78 bits per heavy atom. The van der Waals surface area contributed by atoms with Gasteiger partial charge in [0.25, 0.3) is 0 Å². The van der Waals surface area contributed by atoms with Crippen LogP contribution in [0.3, 0.4) is 0 Å². The number of fused-ring (bicyclic) bond motifs is 2. The average Bonchev–Trinajstić information content (AvgIpc) is 3.60. The van der Waals surface area contributed by atoms with E-state index in [2.05, 4.69) is 35.7 Å². The topological polar surface area (TPSA) is 70.4 Å². The maximum absolute atomic E-state index is 14.4. The molecule has 2 aromatic rings. The Hall–Kier alpha value is -2.32. The van der Waals surface area contributed by atoms with Crippen LogP contribution in [0.15, 0.2) is 18.2 Å². The van der Waals surface area contributed by atoms with E-state index >= 15 is 0 Å². The highest BCUT2D eigenvalue weighted by Crippen LogP contribution is 2.49. The third-order valence-corrected chi connectivity index (χ3v) is 10.5. The van der Waals surface area contributed by atoms with Crippen LogP contribution in [0, 0.1) is 23.0 Å². The summed E-state index contributed by atoms with van der Waals surface area (Å²) in [6, 6.07) is 3.33. The molecule has 5 atom stereocenters. The number of aliphatic carboxylic acids is 1. The molecule has 6 nitrogen and oxygen atoms in total. The Morgan fingerprint density at radius 1 is 1.12 bits per heavy atom. The monoisotopic (exact) mass is 570 g/mol. The van der Waals surface area contributed by atoms with Gasteiger partial charge in [0.15, 0.2) is 0 Å². The fraction of sp³-hybridized carbons (Fsp3) is 0.697. The lowest BCUT2D eigenvalue weighted by Gasteiger charge is -2.44. The molecule has 0 amide bonds. The van der Waals surface area contributed by atoms with E-state index in [1.165, 1.54) is 35.5 Å². The lowest BCUT2D eigenvalue weighted by atomic mass is 9.75. The van der Waals surface area contributed by atoms with Gasteiger partial charge in [0.05, 0.1) is 5.69 Å². The highest BCUT2D eigenvalue weighted by Gasteiger charge is 2.48. The van der Waals surface area contributed by atoms with Crippen molar-refractivity contribution >= 4 is 5.97 Å². The summed E-state index contributed by atoms with van der Waals surface area (Å²) in [6.45, 7) is 15.3. The molecular formula is C33H48F2N4O2. The Morgan fingerprint density at radius 3 is 2.34 bits per heavy atom. The molecule has 1 aromatic carbocycles. The summed E-state index contributed by atoms with van der Waals surface area (Å²) in [5, 5.41) is 18.3. The van der Waals surface area contributed by atoms with E-state index in [0.29, 0.717) is 12.0 Å². The van der Waals surface area contributed by atoms with Crippen molar-refractivity contribution in [2.45, 2.75) is 122 Å². The zero-order valence-electron chi connectivity index (χ0n) is 25.6. The number of nitrogens with one attached hydrogen (secondary N) is 1. The van der Waals surface area contributed by atoms with Crippen LogP contribution in [0.5, 0.6) is 0 Å². The molecule has 5 rings (SSSR count). The highest BCUT2D eigenvalue weighted by molar-refractivity contribution is 5.74. The van der Waals surface area contributed by atoms with E-state index in [0.717, 1.165) is 57.8 Å². The van der Waals surface area contributed by atoms with Crippen LogP contribution in [0.1, 0.15) is 102 Å². The lowest BCUT2D eigenvalue weighted by Crippen LogP contribution is -2.50. The number of carboxylic acid groups (broad SMARTS) is 1. The number of halogens is 2. The molecule has 2 N–H and O–H groups in total. The van der Waals surface area contributed by atoms with Crippen molar-refractivity contribution in [3.63, 3.8) is 0 Å². The van der Waals surface area contributed by atoms with Crippen molar-refractivity contribution in [2.24, 2.45) is 11.3 Å². The van der Waals surface area contributed by atoms with Crippen molar-refractivity contribution in [3.05, 3.63) is 52.3 Å². The van der Waals surface area contributed by atoms with E-state index < -0.39 is 29.1 Å². The quantitative estimate of drug-likeness (QED) is 0.404. The van der Waals surface area contributed by atoms with E-state index in [4.69, 9.17) is 5.10 Å². The van der Waals surface area contributed by atoms with E-state index in [9.17, 15) is 18.7 Å². The second-order valence-electron chi connectivity index (χ2n) is 13.9. The standard InChI is InChI=1S/C33H48F2N4O2/c1-7-28-25-9-10-33(30(25)39(8-2)37-28)11-13-38(14-12-33)20(3)26-18-24(36-29(31(40)41)32(4,5)6)19-27(26)21-15-22(34)17-23(35)16-21/h15-17,20,24,26-27,29,36H,7-14,18-19H2,1-6H3,(H,40,41)/t20?,24-,26+,27+,29-/m0/s1. The minimum absolute atomic E-state index is 0.0426. The Labute approximate surface area is 243 Å². The summed E-state index contributed by atoms with van der Waals surface area (Å²) in [6.07, 6.45) is 6.92. The van der Waals surface area contributed by atoms with Gasteiger partial charge in [-0.3, -0.25) is 9.48 Å². The van der Waals surface area contributed by atoms with Crippen molar-refractivity contribution < 1.29 is 18.7 Å². The number of likely N-dealkylation sites (tertiary alicyclic amines) is 1. The van der Waals surface area contributed by atoms with Gasteiger partial charge in [0, 0.05) is 35.8 Å². The molecule has 8 heteroatoms. The van der Waals surface area contributed by atoms with Crippen LogP contribution >= 0.6 is 0 Å². The maximum Gasteiger partial charge on any atom is 0.321 e. The summed E-state index contributed by atoms with van der Waals surface area (Å²) in [4.78, 5) is 14.7. The molecule has 3 aliphatic rings. The SMILES string of the molecule is CCc1nn(CC)c2c1CCC21CCN(C(C)[C@H]2C[C@H](N[C@@H](C(=O)O)C(C)(C)C)C[C@@H]2c2cc(F)cc(F)c2)CC1. The van der Waals surface area contributed by atoms with Crippen LogP contribution < -0.4 is 5.32 Å². The van der Waals surface area contributed by atoms with Gasteiger partial charge in [0.2, 0.25) is 0 Å². The number of nitrogens with zero attached hydrogens (tertiary/aromatic N) is 3. The minimum Gasteiger partial charge on any atom is -0.480 e. The van der Waals surface area contributed by atoms with Crippen molar-refractivity contribution in [1.82, 2.24) is 20.0 Å². The summed E-state index contributed by atoms with van der Waals surface area (Å²) in [7, 11) is 0. The van der Waals surface area contributed by atoms with Crippen LogP contribution in [-0.4, -0.2) is 57.0 Å². The zero-order chi connectivity index (χ0) is 29.7. The molecule has 2 aliphatic carbocycles. The molecular weight excluding hydrogens is 522 g/mol. The van der Waals surface area contributed by atoms with Crippen LogP contribution in [0.4, 0.5) is 8.78 Å². The first-order chi connectivity index (χ1) is 19.4. The number of aryl methyl sites for hydroxylation is 2. The van der Waals surface area contributed by atoms with Gasteiger partial charge < -0.3 is 15.3 Å². The summed E-state index contributed by atoms with van der Waals surface area (Å²) < 4.78 is 31.0. The largest absolute Gasteiger partial charge is 0.480 e. The number of hydrogen-bond acceptors (Lipinski definition) is 4. The number of aromatic nitrogens is 2. The molecule has 2 heterocycles. The van der Waals surface area contributed by atoms with Gasteiger partial charge in [-0.15, -0.1) is 0 Å². The van der Waals surface area contributed by atoms with Crippen LogP contribution in [0.25, 0.3) is 0 Å². The fourth-order valence-corrected chi connectivity index (χ4v) is 8.36. The third-order valence-electron chi connectivity index (χ3n) is 10.5. The van der Waals surface area contributed by atoms with Gasteiger partial charge >= 0.3 is 5.97 Å². The van der Waals surface area contributed by atoms with Crippen LogP contribution in [-0.2, 0) is 29.6 Å². The number of piperidine rings is 1. The lowest BCUT2D eigenvalue weighted by molar-refractivity contribution is -0.142. The van der Waals surface area contributed by atoms with Gasteiger partial charge in [-0.25, -0.2) is 8.78 Å². The average molecular weight is 571 g/mol. The molecule has 0 radical (unpaired) electrons. The van der Waals surface area contributed by atoms with E-state index in [1.807, 2.05) is 20.8 Å². The first-order valence-electron chi connectivity index (χ1n) is 15.6. The predicted octanol–water partition coefficient (Wildman–Crippen LogP) is 6.06. The Balaban J connectivity index is 1.36. The van der Waals surface area contributed by atoms with Crippen LogP contribution in [0.2, 0.25) is 0 Å².